The van der Waals surface area contributed by atoms with E-state index in [9.17, 15) is 9.59 Å². The number of benzene rings is 1. The molecule has 1 saturated heterocycles. The second-order valence-corrected chi connectivity index (χ2v) is 9.58. The number of hydrogen-bond donors (Lipinski definition) is 0. The Morgan fingerprint density at radius 3 is 2.97 bits per heavy atom. The van der Waals surface area contributed by atoms with Crippen molar-refractivity contribution in [2.45, 2.75) is 56.3 Å². The number of nitrogens with zero attached hydrogens (tertiary/aromatic N) is 5. The van der Waals surface area contributed by atoms with Crippen LogP contribution in [0.3, 0.4) is 0 Å². The van der Waals surface area contributed by atoms with Crippen LogP contribution < -0.4 is 5.56 Å². The normalized spacial score (nSPS) is 20.9. The summed E-state index contributed by atoms with van der Waals surface area (Å²) < 4.78 is 3.34. The zero-order chi connectivity index (χ0) is 21.5. The number of halogens is 1. The van der Waals surface area contributed by atoms with Gasteiger partial charge in [-0.2, -0.15) is 5.10 Å². The Kier molecular flexibility index (Phi) is 5.52. The van der Waals surface area contributed by atoms with Crippen LogP contribution in [0.4, 0.5) is 0 Å². The fourth-order valence-electron chi connectivity index (χ4n) is 4.65. The number of thioether (sulfide) groups is 1. The first-order valence-electron chi connectivity index (χ1n) is 10.7. The molecule has 0 N–H and O–H groups in total. The smallest absolute Gasteiger partial charge is 0.265 e. The van der Waals surface area contributed by atoms with E-state index in [2.05, 4.69) is 12.0 Å². The minimum atomic E-state index is -0.175. The van der Waals surface area contributed by atoms with Gasteiger partial charge in [0.2, 0.25) is 5.91 Å². The molecule has 2 aliphatic heterocycles. The van der Waals surface area contributed by atoms with Gasteiger partial charge in [-0.1, -0.05) is 36.4 Å². The lowest BCUT2D eigenvalue weighted by atomic mass is 9.99. The average Bonchev–Trinajstić information content (AvgIpc) is 3.38. The van der Waals surface area contributed by atoms with Crippen molar-refractivity contribution in [3.05, 3.63) is 45.8 Å². The van der Waals surface area contributed by atoms with Gasteiger partial charge in [0.15, 0.2) is 10.8 Å². The fourth-order valence-corrected chi connectivity index (χ4v) is 5.96. The Balaban J connectivity index is 1.47. The number of rotatable bonds is 4. The third kappa shape index (κ3) is 3.65. The minimum absolute atomic E-state index is 0.137. The van der Waals surface area contributed by atoms with Gasteiger partial charge in [0.25, 0.3) is 5.56 Å². The average molecular weight is 458 g/mol. The number of fused-ring (bicyclic) bond motifs is 2. The fraction of sp³-hybridized carbons (Fsp3) is 0.455. The molecule has 0 spiro atoms. The zero-order valence-corrected chi connectivity index (χ0v) is 18.9. The molecule has 0 bridgehead atoms. The predicted molar refractivity (Wildman–Crippen MR) is 122 cm³/mol. The van der Waals surface area contributed by atoms with Crippen LogP contribution in [0.25, 0.3) is 16.7 Å². The summed E-state index contributed by atoms with van der Waals surface area (Å²) in [6.45, 7) is 2.96. The summed E-state index contributed by atoms with van der Waals surface area (Å²) in [7, 11) is 0. The molecule has 31 heavy (non-hydrogen) atoms. The van der Waals surface area contributed by atoms with Crippen LogP contribution in [0.2, 0.25) is 5.02 Å². The maximum absolute atomic E-state index is 13.3. The molecule has 2 aliphatic rings. The molecule has 0 radical (unpaired) electrons. The van der Waals surface area contributed by atoms with Crippen molar-refractivity contribution < 1.29 is 4.79 Å². The van der Waals surface area contributed by atoms with Gasteiger partial charge >= 0.3 is 0 Å². The third-order valence-corrected chi connectivity index (χ3v) is 7.59. The number of likely N-dealkylation sites (tertiary alicyclic amines) is 1. The molecule has 0 saturated carbocycles. The van der Waals surface area contributed by atoms with Crippen LogP contribution in [-0.4, -0.2) is 48.5 Å². The first kappa shape index (κ1) is 20.6. The van der Waals surface area contributed by atoms with Crippen molar-refractivity contribution in [3.63, 3.8) is 0 Å². The van der Waals surface area contributed by atoms with Crippen LogP contribution in [0, 0.1) is 0 Å². The Bertz CT molecular complexity index is 1210. The van der Waals surface area contributed by atoms with Gasteiger partial charge in [-0.15, -0.1) is 0 Å². The topological polar surface area (TPSA) is 73.0 Å². The maximum atomic E-state index is 13.3. The Hall–Kier alpha value is -2.32. The van der Waals surface area contributed by atoms with Crippen molar-refractivity contribution in [2.24, 2.45) is 0 Å². The molecule has 2 atom stereocenters. The lowest BCUT2D eigenvalue weighted by Gasteiger charge is -2.36. The highest BCUT2D eigenvalue weighted by Crippen LogP contribution is 2.34. The van der Waals surface area contributed by atoms with Gasteiger partial charge in [-0.3, -0.25) is 14.2 Å². The first-order valence-corrected chi connectivity index (χ1v) is 12.1. The standard InChI is InChI=1S/C22H24ClN5O2S/c1-2-15-7-3-4-9-26(15)19(29)11-17-13-31-22-25-20-18(21(30)27(17)22)12-24-28(20)16-8-5-6-14(23)10-16/h5-6,8,10,12,15,17H,2-4,7,9,11,13H2,1H3. The molecule has 2 aromatic heterocycles. The molecule has 7 nitrogen and oxygen atoms in total. The van der Waals surface area contributed by atoms with Crippen LogP contribution in [-0.2, 0) is 4.79 Å². The molecule has 3 aromatic rings. The Morgan fingerprint density at radius 2 is 2.16 bits per heavy atom. The SMILES string of the molecule is CCC1CCCCN1C(=O)CC1CSc2nc3c(cnn3-c3cccc(Cl)c3)c(=O)n21. The van der Waals surface area contributed by atoms with Gasteiger partial charge in [-0.05, 0) is 43.9 Å². The second-order valence-electron chi connectivity index (χ2n) is 8.16. The van der Waals surface area contributed by atoms with Gasteiger partial charge in [0.1, 0.15) is 5.39 Å². The van der Waals surface area contributed by atoms with Crippen LogP contribution in [0.1, 0.15) is 45.1 Å². The van der Waals surface area contributed by atoms with Crippen LogP contribution in [0.15, 0.2) is 40.4 Å². The summed E-state index contributed by atoms with van der Waals surface area (Å²) in [5.41, 5.74) is 1.13. The van der Waals surface area contributed by atoms with Gasteiger partial charge in [0.05, 0.1) is 17.9 Å². The van der Waals surface area contributed by atoms with E-state index in [0.717, 1.165) is 31.5 Å². The Morgan fingerprint density at radius 1 is 1.29 bits per heavy atom. The van der Waals surface area contributed by atoms with E-state index in [4.69, 9.17) is 16.6 Å². The quantitative estimate of drug-likeness (QED) is 0.552. The zero-order valence-electron chi connectivity index (χ0n) is 17.3. The van der Waals surface area contributed by atoms with E-state index in [-0.39, 0.29) is 17.5 Å². The van der Waals surface area contributed by atoms with Gasteiger partial charge < -0.3 is 4.90 Å². The van der Waals surface area contributed by atoms with E-state index in [0.29, 0.717) is 39.4 Å². The van der Waals surface area contributed by atoms with E-state index in [1.54, 1.807) is 27.6 Å². The lowest BCUT2D eigenvalue weighted by Crippen LogP contribution is -2.44. The van der Waals surface area contributed by atoms with Crippen molar-refractivity contribution in [1.82, 2.24) is 24.2 Å². The molecule has 1 fully saturated rings. The molecule has 4 heterocycles. The van der Waals surface area contributed by atoms with Crippen molar-refractivity contribution in [1.29, 1.82) is 0 Å². The molecule has 9 heteroatoms. The number of amides is 1. The van der Waals surface area contributed by atoms with Crippen molar-refractivity contribution in [2.75, 3.05) is 12.3 Å². The summed E-state index contributed by atoms with van der Waals surface area (Å²) in [4.78, 5) is 33.2. The van der Waals surface area contributed by atoms with E-state index >= 15 is 0 Å². The third-order valence-electron chi connectivity index (χ3n) is 6.25. The number of hydrogen-bond acceptors (Lipinski definition) is 5. The highest BCUT2D eigenvalue weighted by molar-refractivity contribution is 7.99. The number of piperidine rings is 1. The molecule has 2 unspecified atom stereocenters. The highest BCUT2D eigenvalue weighted by atomic mass is 35.5. The molecule has 1 amide bonds. The summed E-state index contributed by atoms with van der Waals surface area (Å²) in [6, 6.07) is 7.44. The molecule has 162 valence electrons. The van der Waals surface area contributed by atoms with Gasteiger partial charge in [-0.25, -0.2) is 9.67 Å². The number of carbonyl (C=O) groups excluding carboxylic acids is 1. The summed E-state index contributed by atoms with van der Waals surface area (Å²) >= 11 is 7.65. The summed E-state index contributed by atoms with van der Waals surface area (Å²) in [5.74, 6) is 0.821. The molecule has 5 rings (SSSR count). The molecular formula is C22H24ClN5O2S. The first-order chi connectivity index (χ1) is 15.1. The Labute approximate surface area is 189 Å². The maximum Gasteiger partial charge on any atom is 0.265 e. The monoisotopic (exact) mass is 457 g/mol. The summed E-state index contributed by atoms with van der Waals surface area (Å²) in [6.07, 6.45) is 6.19. The lowest BCUT2D eigenvalue weighted by molar-refractivity contribution is -0.135. The number of aromatic nitrogens is 4. The molecular weight excluding hydrogens is 434 g/mol. The van der Waals surface area contributed by atoms with Gasteiger partial charge in [0, 0.05) is 29.8 Å². The minimum Gasteiger partial charge on any atom is -0.340 e. The van der Waals surface area contributed by atoms with Crippen molar-refractivity contribution >= 4 is 40.3 Å². The second kappa shape index (κ2) is 8.31. The van der Waals surface area contributed by atoms with E-state index in [1.165, 1.54) is 18.2 Å². The summed E-state index contributed by atoms with van der Waals surface area (Å²) in [5, 5.41) is 6.07. The van der Waals surface area contributed by atoms with Crippen LogP contribution in [0.5, 0.6) is 0 Å². The molecule has 0 aliphatic carbocycles. The number of carbonyl (C=O) groups is 1. The van der Waals surface area contributed by atoms with E-state index in [1.807, 2.05) is 17.0 Å². The van der Waals surface area contributed by atoms with E-state index < -0.39 is 0 Å². The van der Waals surface area contributed by atoms with Crippen LogP contribution >= 0.6 is 23.4 Å². The largest absolute Gasteiger partial charge is 0.340 e. The molecule has 1 aromatic carbocycles. The predicted octanol–water partition coefficient (Wildman–Crippen LogP) is 4.06. The van der Waals surface area contributed by atoms with Crippen molar-refractivity contribution in [3.8, 4) is 5.69 Å². The highest BCUT2D eigenvalue weighted by Gasteiger charge is 2.33.